The van der Waals surface area contributed by atoms with E-state index in [0.29, 0.717) is 6.54 Å². The molecule has 0 bridgehead atoms. The Labute approximate surface area is 130 Å². The van der Waals surface area contributed by atoms with E-state index in [1.54, 1.807) is 0 Å². The monoisotopic (exact) mass is 309 g/mol. The summed E-state index contributed by atoms with van der Waals surface area (Å²) in [5.74, 6) is 0. The largest absolute Gasteiger partial charge is 0.326 e. The highest BCUT2D eigenvalue weighted by Crippen LogP contribution is 2.14. The van der Waals surface area contributed by atoms with Gasteiger partial charge in [0.1, 0.15) is 0 Å². The molecule has 5 heteroatoms. The molecule has 3 nitrogen and oxygen atoms in total. The van der Waals surface area contributed by atoms with Gasteiger partial charge in [0.15, 0.2) is 0 Å². The minimum absolute atomic E-state index is 0. The lowest BCUT2D eigenvalue weighted by Gasteiger charge is -2.06. The van der Waals surface area contributed by atoms with Crippen molar-refractivity contribution in [3.05, 3.63) is 66.0 Å². The number of hydrogen-bond acceptors (Lipinski definition) is 2. The van der Waals surface area contributed by atoms with Crippen molar-refractivity contribution in [2.24, 2.45) is 5.73 Å². The van der Waals surface area contributed by atoms with E-state index in [0.717, 1.165) is 23.1 Å². The Balaban J connectivity index is 0.000001000. The van der Waals surface area contributed by atoms with E-state index in [1.807, 2.05) is 24.5 Å². The molecule has 0 aliphatic carbocycles. The molecule has 20 heavy (non-hydrogen) atoms. The highest BCUT2D eigenvalue weighted by molar-refractivity contribution is 5.85. The van der Waals surface area contributed by atoms with Crippen LogP contribution < -0.4 is 5.73 Å². The Kier molecular flexibility index (Phi) is 6.02. The van der Waals surface area contributed by atoms with Gasteiger partial charge in [-0.25, -0.2) is 4.98 Å². The topological polar surface area (TPSA) is 43.8 Å². The lowest BCUT2D eigenvalue weighted by molar-refractivity contribution is 0.822. The van der Waals surface area contributed by atoms with Gasteiger partial charge in [-0.3, -0.25) is 0 Å². The molecule has 3 rings (SSSR count). The number of hydrogen-bond donors (Lipinski definition) is 1. The summed E-state index contributed by atoms with van der Waals surface area (Å²) in [7, 11) is 0. The van der Waals surface area contributed by atoms with Crippen LogP contribution in [0.5, 0.6) is 0 Å². The second kappa shape index (κ2) is 7.29. The molecular weight excluding hydrogens is 293 g/mol. The molecule has 0 aliphatic heterocycles. The molecule has 2 aromatic carbocycles. The maximum Gasteiger partial charge on any atom is 0.0961 e. The van der Waals surface area contributed by atoms with Crippen LogP contribution >= 0.6 is 24.8 Å². The van der Waals surface area contributed by atoms with Crippen molar-refractivity contribution in [1.82, 2.24) is 9.55 Å². The fourth-order valence-corrected chi connectivity index (χ4v) is 2.19. The predicted octanol–water partition coefficient (Wildman–Crippen LogP) is 3.39. The number of fused-ring (bicyclic) bond motifs is 1. The van der Waals surface area contributed by atoms with E-state index in [9.17, 15) is 0 Å². The van der Waals surface area contributed by atoms with Crippen LogP contribution in [0, 0.1) is 0 Å². The van der Waals surface area contributed by atoms with Crippen molar-refractivity contribution in [3.63, 3.8) is 0 Å². The van der Waals surface area contributed by atoms with Gasteiger partial charge in [-0.2, -0.15) is 0 Å². The van der Waals surface area contributed by atoms with Gasteiger partial charge >= 0.3 is 0 Å². The second-order valence-electron chi connectivity index (χ2n) is 4.39. The molecule has 0 fully saturated rings. The number of aromatic nitrogens is 2. The van der Waals surface area contributed by atoms with Gasteiger partial charge in [0, 0.05) is 13.1 Å². The zero-order valence-corrected chi connectivity index (χ0v) is 12.5. The Bertz CT molecular complexity index is 679. The van der Waals surface area contributed by atoms with Crippen LogP contribution in [0.4, 0.5) is 0 Å². The average molecular weight is 310 g/mol. The summed E-state index contributed by atoms with van der Waals surface area (Å²) in [6.07, 6.45) is 1.89. The standard InChI is InChI=1S/C15H15N3.2ClH/c16-9-12-4-3-5-13(8-12)10-18-11-17-14-6-1-2-7-15(14)18;;/h1-8,11H,9-10,16H2;2*1H. The van der Waals surface area contributed by atoms with Crippen molar-refractivity contribution in [1.29, 1.82) is 0 Å². The summed E-state index contributed by atoms with van der Waals surface area (Å²) in [4.78, 5) is 4.40. The number of nitrogens with two attached hydrogens (primary N) is 1. The molecule has 0 radical (unpaired) electrons. The van der Waals surface area contributed by atoms with Crippen molar-refractivity contribution in [3.8, 4) is 0 Å². The van der Waals surface area contributed by atoms with Gasteiger partial charge in [-0.1, -0.05) is 36.4 Å². The average Bonchev–Trinajstić information content (AvgIpc) is 2.83. The molecule has 0 spiro atoms. The summed E-state index contributed by atoms with van der Waals surface area (Å²) >= 11 is 0. The maximum absolute atomic E-state index is 5.66. The summed E-state index contributed by atoms with van der Waals surface area (Å²) in [6, 6.07) is 16.5. The first-order valence-electron chi connectivity index (χ1n) is 6.04. The minimum Gasteiger partial charge on any atom is -0.326 e. The van der Waals surface area contributed by atoms with Crippen LogP contribution in [0.15, 0.2) is 54.9 Å². The molecule has 1 heterocycles. The molecular formula is C15H17Cl2N3. The molecule has 0 amide bonds. The Morgan fingerprint density at radius 3 is 2.50 bits per heavy atom. The zero-order chi connectivity index (χ0) is 12.4. The normalized spacial score (nSPS) is 9.85. The van der Waals surface area contributed by atoms with E-state index < -0.39 is 0 Å². The van der Waals surface area contributed by atoms with Gasteiger partial charge in [0.2, 0.25) is 0 Å². The molecule has 0 unspecified atom stereocenters. The smallest absolute Gasteiger partial charge is 0.0961 e. The first-order chi connectivity index (χ1) is 8.86. The number of halogens is 2. The molecule has 1 aromatic heterocycles. The highest BCUT2D eigenvalue weighted by atomic mass is 35.5. The highest BCUT2D eigenvalue weighted by Gasteiger charge is 2.02. The molecule has 2 N–H and O–H groups in total. The van der Waals surface area contributed by atoms with Crippen molar-refractivity contribution in [2.45, 2.75) is 13.1 Å². The predicted molar refractivity (Wildman–Crippen MR) is 87.7 cm³/mol. The molecule has 0 atom stereocenters. The molecule has 0 saturated carbocycles. The number of nitrogens with zero attached hydrogens (tertiary/aromatic N) is 2. The summed E-state index contributed by atoms with van der Waals surface area (Å²) < 4.78 is 2.16. The van der Waals surface area contributed by atoms with Crippen LogP contribution in [-0.2, 0) is 13.1 Å². The van der Waals surface area contributed by atoms with Crippen LogP contribution in [0.3, 0.4) is 0 Å². The Hall–Kier alpha value is -1.55. The Morgan fingerprint density at radius 1 is 0.950 bits per heavy atom. The Morgan fingerprint density at radius 2 is 1.70 bits per heavy atom. The van der Waals surface area contributed by atoms with Gasteiger partial charge in [-0.15, -0.1) is 24.8 Å². The third-order valence-electron chi connectivity index (χ3n) is 3.11. The van der Waals surface area contributed by atoms with E-state index >= 15 is 0 Å². The SMILES string of the molecule is Cl.Cl.NCc1cccc(Cn2cnc3ccccc32)c1. The zero-order valence-electron chi connectivity index (χ0n) is 10.9. The fraction of sp³-hybridized carbons (Fsp3) is 0.133. The number of rotatable bonds is 3. The van der Waals surface area contributed by atoms with E-state index in [2.05, 4.69) is 39.9 Å². The van der Waals surface area contributed by atoms with Gasteiger partial charge < -0.3 is 10.3 Å². The van der Waals surface area contributed by atoms with Gasteiger partial charge in [0.25, 0.3) is 0 Å². The van der Waals surface area contributed by atoms with Gasteiger partial charge in [0.05, 0.1) is 17.4 Å². The lowest BCUT2D eigenvalue weighted by atomic mass is 10.1. The van der Waals surface area contributed by atoms with Gasteiger partial charge in [-0.05, 0) is 23.3 Å². The van der Waals surface area contributed by atoms with Crippen LogP contribution in [0.1, 0.15) is 11.1 Å². The van der Waals surface area contributed by atoms with E-state index in [1.165, 1.54) is 5.56 Å². The number of para-hydroxylation sites is 2. The molecule has 3 aromatic rings. The maximum atomic E-state index is 5.66. The summed E-state index contributed by atoms with van der Waals surface area (Å²) in [5, 5.41) is 0. The van der Waals surface area contributed by atoms with Crippen molar-refractivity contribution in [2.75, 3.05) is 0 Å². The van der Waals surface area contributed by atoms with Crippen LogP contribution in [0.2, 0.25) is 0 Å². The number of imidazole rings is 1. The van der Waals surface area contributed by atoms with E-state index in [4.69, 9.17) is 5.73 Å². The van der Waals surface area contributed by atoms with E-state index in [-0.39, 0.29) is 24.8 Å². The second-order valence-corrected chi connectivity index (χ2v) is 4.39. The lowest BCUT2D eigenvalue weighted by Crippen LogP contribution is -2.01. The summed E-state index contributed by atoms with van der Waals surface area (Å²) in [6.45, 7) is 1.41. The fourth-order valence-electron chi connectivity index (χ4n) is 2.19. The quantitative estimate of drug-likeness (QED) is 0.806. The number of benzene rings is 2. The molecule has 0 aliphatic rings. The minimum atomic E-state index is 0. The van der Waals surface area contributed by atoms with Crippen LogP contribution in [0.25, 0.3) is 11.0 Å². The first-order valence-corrected chi connectivity index (χ1v) is 6.04. The summed E-state index contributed by atoms with van der Waals surface area (Å²) in [5.41, 5.74) is 10.3. The third-order valence-corrected chi connectivity index (χ3v) is 3.11. The van der Waals surface area contributed by atoms with Crippen LogP contribution in [-0.4, -0.2) is 9.55 Å². The third kappa shape index (κ3) is 3.31. The molecule has 0 saturated heterocycles. The van der Waals surface area contributed by atoms with Crippen molar-refractivity contribution < 1.29 is 0 Å². The first kappa shape index (κ1) is 16.5. The molecule has 106 valence electrons. The van der Waals surface area contributed by atoms with Crippen molar-refractivity contribution >= 4 is 35.8 Å².